The highest BCUT2D eigenvalue weighted by Gasteiger charge is 2.36. The van der Waals surface area contributed by atoms with Crippen LogP contribution in [0.15, 0.2) is 18.2 Å². The Bertz CT molecular complexity index is 383. The third kappa shape index (κ3) is 1.71. The van der Waals surface area contributed by atoms with Crippen LogP contribution in [-0.2, 0) is 0 Å². The molecule has 2 aliphatic rings. The van der Waals surface area contributed by atoms with Crippen LogP contribution in [0.5, 0.6) is 0 Å². The minimum Gasteiger partial charge on any atom is -0.381 e. The zero-order valence-electron chi connectivity index (χ0n) is 8.65. The van der Waals surface area contributed by atoms with Crippen LogP contribution in [0.2, 0.25) is 0 Å². The molecule has 15 heavy (non-hydrogen) atoms. The minimum absolute atomic E-state index is 0.347. The lowest BCUT2D eigenvalue weighted by Gasteiger charge is -2.37. The summed E-state index contributed by atoms with van der Waals surface area (Å²) in [6.45, 7) is 1.08. The maximum Gasteiger partial charge on any atom is 0.0587 e. The van der Waals surface area contributed by atoms with Gasteiger partial charge in [-0.1, -0.05) is 12.8 Å². The van der Waals surface area contributed by atoms with E-state index in [0.29, 0.717) is 5.54 Å². The lowest BCUT2D eigenvalue weighted by Crippen LogP contribution is -2.45. The molecular formula is C12H15IN2. The number of benzene rings is 1. The molecule has 3 rings (SSSR count). The second-order valence-corrected chi connectivity index (χ2v) is 5.90. The first-order valence-electron chi connectivity index (χ1n) is 5.59. The minimum atomic E-state index is 0.347. The molecule has 1 fully saturated rings. The molecule has 1 aliphatic carbocycles. The summed E-state index contributed by atoms with van der Waals surface area (Å²) >= 11 is 2.36. The lowest BCUT2D eigenvalue weighted by molar-refractivity contribution is 0.500. The molecule has 1 aliphatic heterocycles. The first-order chi connectivity index (χ1) is 7.27. The van der Waals surface area contributed by atoms with E-state index in [0.717, 1.165) is 6.54 Å². The Balaban J connectivity index is 1.93. The molecule has 80 valence electrons. The fraction of sp³-hybridized carbons (Fsp3) is 0.500. The number of halogens is 1. The summed E-state index contributed by atoms with van der Waals surface area (Å²) in [5, 5.41) is 7.30. The number of nitrogens with one attached hydrogen (secondary N) is 2. The van der Waals surface area contributed by atoms with E-state index in [9.17, 15) is 0 Å². The molecule has 0 unspecified atom stereocenters. The van der Waals surface area contributed by atoms with Crippen LogP contribution >= 0.6 is 22.6 Å². The molecular weight excluding hydrogens is 299 g/mol. The van der Waals surface area contributed by atoms with Gasteiger partial charge < -0.3 is 10.6 Å². The maximum atomic E-state index is 3.73. The summed E-state index contributed by atoms with van der Waals surface area (Å²) in [6.07, 6.45) is 5.36. The van der Waals surface area contributed by atoms with E-state index < -0.39 is 0 Å². The molecule has 2 nitrogen and oxygen atoms in total. The summed E-state index contributed by atoms with van der Waals surface area (Å²) < 4.78 is 1.29. The van der Waals surface area contributed by atoms with Gasteiger partial charge in [-0.3, -0.25) is 0 Å². The second-order valence-electron chi connectivity index (χ2n) is 4.66. The van der Waals surface area contributed by atoms with Crippen molar-refractivity contribution >= 4 is 34.0 Å². The van der Waals surface area contributed by atoms with Crippen molar-refractivity contribution < 1.29 is 0 Å². The van der Waals surface area contributed by atoms with Gasteiger partial charge in [0.05, 0.1) is 16.9 Å². The predicted octanol–water partition coefficient (Wildman–Crippen LogP) is 3.44. The third-order valence-electron chi connectivity index (χ3n) is 3.56. The van der Waals surface area contributed by atoms with Gasteiger partial charge in [-0.05, 0) is 53.6 Å². The van der Waals surface area contributed by atoms with Crippen LogP contribution in [0.3, 0.4) is 0 Å². The summed E-state index contributed by atoms with van der Waals surface area (Å²) in [5.74, 6) is 0. The fourth-order valence-electron chi connectivity index (χ4n) is 2.72. The number of fused-ring (bicyclic) bond motifs is 1. The highest BCUT2D eigenvalue weighted by molar-refractivity contribution is 14.1. The van der Waals surface area contributed by atoms with Crippen molar-refractivity contribution in [3.05, 3.63) is 21.8 Å². The number of anilines is 2. The van der Waals surface area contributed by atoms with Crippen molar-refractivity contribution in [2.45, 2.75) is 31.2 Å². The van der Waals surface area contributed by atoms with Crippen LogP contribution in [0, 0.1) is 3.57 Å². The smallest absolute Gasteiger partial charge is 0.0587 e. The van der Waals surface area contributed by atoms with Crippen molar-refractivity contribution in [2.75, 3.05) is 17.2 Å². The van der Waals surface area contributed by atoms with Crippen molar-refractivity contribution in [1.29, 1.82) is 0 Å². The molecule has 0 bridgehead atoms. The zero-order chi connectivity index (χ0) is 10.3. The van der Waals surface area contributed by atoms with E-state index in [1.54, 1.807) is 0 Å². The maximum absolute atomic E-state index is 3.73. The molecule has 1 spiro atoms. The van der Waals surface area contributed by atoms with Crippen LogP contribution in [-0.4, -0.2) is 12.1 Å². The van der Waals surface area contributed by atoms with Gasteiger partial charge in [0.15, 0.2) is 0 Å². The molecule has 1 aromatic rings. The molecule has 1 aromatic carbocycles. The Labute approximate surface area is 104 Å². The molecule has 0 amide bonds. The van der Waals surface area contributed by atoms with Gasteiger partial charge in [0, 0.05) is 10.1 Å². The number of hydrogen-bond donors (Lipinski definition) is 2. The second kappa shape index (κ2) is 3.54. The third-order valence-corrected chi connectivity index (χ3v) is 4.23. The molecule has 3 heteroatoms. The number of hydrogen-bond acceptors (Lipinski definition) is 2. The van der Waals surface area contributed by atoms with Gasteiger partial charge in [0.1, 0.15) is 0 Å². The average Bonchev–Trinajstić information content (AvgIpc) is 2.67. The number of rotatable bonds is 0. The van der Waals surface area contributed by atoms with Crippen LogP contribution in [0.25, 0.3) is 0 Å². The summed E-state index contributed by atoms with van der Waals surface area (Å²) in [4.78, 5) is 0. The van der Waals surface area contributed by atoms with Gasteiger partial charge in [-0.25, -0.2) is 0 Å². The molecule has 0 atom stereocenters. The SMILES string of the molecule is Ic1ccc2c(c1)NCC1(CCCC1)N2. The van der Waals surface area contributed by atoms with Gasteiger partial charge in [-0.2, -0.15) is 0 Å². The van der Waals surface area contributed by atoms with E-state index in [1.807, 2.05) is 0 Å². The van der Waals surface area contributed by atoms with Crippen LogP contribution in [0.1, 0.15) is 25.7 Å². The highest BCUT2D eigenvalue weighted by Crippen LogP contribution is 2.39. The first kappa shape index (κ1) is 9.75. The Morgan fingerprint density at radius 2 is 1.93 bits per heavy atom. The van der Waals surface area contributed by atoms with E-state index in [-0.39, 0.29) is 0 Å². The molecule has 0 saturated heterocycles. The first-order valence-corrected chi connectivity index (χ1v) is 6.67. The van der Waals surface area contributed by atoms with Crippen LogP contribution in [0.4, 0.5) is 11.4 Å². The molecule has 2 N–H and O–H groups in total. The van der Waals surface area contributed by atoms with E-state index >= 15 is 0 Å². The van der Waals surface area contributed by atoms with Crippen molar-refractivity contribution in [3.8, 4) is 0 Å². The Kier molecular flexibility index (Phi) is 2.30. The monoisotopic (exact) mass is 314 g/mol. The van der Waals surface area contributed by atoms with Gasteiger partial charge >= 0.3 is 0 Å². The van der Waals surface area contributed by atoms with Crippen molar-refractivity contribution in [2.24, 2.45) is 0 Å². The molecule has 1 saturated carbocycles. The predicted molar refractivity (Wildman–Crippen MR) is 72.5 cm³/mol. The zero-order valence-corrected chi connectivity index (χ0v) is 10.8. The standard InChI is InChI=1S/C12H15IN2/c13-9-3-4-10-11(7-9)14-8-12(15-10)5-1-2-6-12/h3-4,7,14-15H,1-2,5-6,8H2. The van der Waals surface area contributed by atoms with E-state index in [1.165, 1.54) is 40.6 Å². The van der Waals surface area contributed by atoms with Gasteiger partial charge in [-0.15, -0.1) is 0 Å². The normalized spacial score (nSPS) is 21.9. The Morgan fingerprint density at radius 1 is 1.13 bits per heavy atom. The van der Waals surface area contributed by atoms with E-state index in [4.69, 9.17) is 0 Å². The van der Waals surface area contributed by atoms with Crippen molar-refractivity contribution in [3.63, 3.8) is 0 Å². The summed E-state index contributed by atoms with van der Waals surface area (Å²) in [7, 11) is 0. The fourth-order valence-corrected chi connectivity index (χ4v) is 3.21. The summed E-state index contributed by atoms with van der Waals surface area (Å²) in [6, 6.07) is 6.58. The lowest BCUT2D eigenvalue weighted by atomic mass is 9.94. The molecule has 0 aromatic heterocycles. The molecule has 1 heterocycles. The molecule has 0 radical (unpaired) electrons. The van der Waals surface area contributed by atoms with Crippen LogP contribution < -0.4 is 10.6 Å². The Morgan fingerprint density at radius 3 is 2.73 bits per heavy atom. The average molecular weight is 314 g/mol. The highest BCUT2D eigenvalue weighted by atomic mass is 127. The quantitative estimate of drug-likeness (QED) is 0.717. The van der Waals surface area contributed by atoms with Gasteiger partial charge in [0.25, 0.3) is 0 Å². The Hall–Kier alpha value is -0.450. The topological polar surface area (TPSA) is 24.1 Å². The van der Waals surface area contributed by atoms with Crippen molar-refractivity contribution in [1.82, 2.24) is 0 Å². The summed E-state index contributed by atoms with van der Waals surface area (Å²) in [5.41, 5.74) is 2.89. The van der Waals surface area contributed by atoms with E-state index in [2.05, 4.69) is 51.4 Å². The van der Waals surface area contributed by atoms with Gasteiger partial charge in [0.2, 0.25) is 0 Å². The largest absolute Gasteiger partial charge is 0.381 e.